The van der Waals surface area contributed by atoms with Crippen LogP contribution in [0.3, 0.4) is 0 Å². The first kappa shape index (κ1) is 9.01. The summed E-state index contributed by atoms with van der Waals surface area (Å²) in [6, 6.07) is 0. The molecule has 0 aromatic rings. The Bertz CT molecular complexity index is 117. The predicted octanol–water partition coefficient (Wildman–Crippen LogP) is 0.955. The largest absolute Gasteiger partial charge is 0.392 e. The van der Waals surface area contributed by atoms with Crippen molar-refractivity contribution in [1.82, 2.24) is 4.90 Å². The third-order valence-electron chi connectivity index (χ3n) is 2.45. The number of aliphatic hydroxyl groups excluding tert-OH is 1. The van der Waals surface area contributed by atoms with E-state index in [1.54, 1.807) is 0 Å². The molecule has 1 atom stereocenters. The van der Waals surface area contributed by atoms with Gasteiger partial charge in [0.1, 0.15) is 0 Å². The van der Waals surface area contributed by atoms with E-state index in [0.29, 0.717) is 0 Å². The fourth-order valence-electron chi connectivity index (χ4n) is 1.55. The van der Waals surface area contributed by atoms with Gasteiger partial charge in [0.15, 0.2) is 0 Å². The van der Waals surface area contributed by atoms with E-state index in [4.69, 9.17) is 5.11 Å². The highest BCUT2D eigenvalue weighted by Gasteiger charge is 2.28. The van der Waals surface area contributed by atoms with Crippen LogP contribution in [0.15, 0.2) is 0 Å². The quantitative estimate of drug-likeness (QED) is 0.659. The third kappa shape index (κ3) is 2.46. The van der Waals surface area contributed by atoms with Crippen molar-refractivity contribution >= 4 is 0 Å². The molecule has 1 fully saturated rings. The van der Waals surface area contributed by atoms with Gasteiger partial charge in [-0.3, -0.25) is 0 Å². The van der Waals surface area contributed by atoms with E-state index < -0.39 is 0 Å². The lowest BCUT2D eigenvalue weighted by atomic mass is 9.88. The average molecular weight is 157 g/mol. The van der Waals surface area contributed by atoms with Crippen LogP contribution in [0.5, 0.6) is 0 Å². The third-order valence-corrected chi connectivity index (χ3v) is 2.45. The molecule has 0 aromatic carbocycles. The first-order valence-electron chi connectivity index (χ1n) is 4.50. The summed E-state index contributed by atoms with van der Waals surface area (Å²) in [5.41, 5.74) is 0. The molecule has 0 aliphatic carbocycles. The number of likely N-dealkylation sites (tertiary alicyclic amines) is 1. The second kappa shape index (κ2) is 3.55. The maximum absolute atomic E-state index is 9.07. The molecule has 1 aliphatic rings. The zero-order chi connectivity index (χ0) is 8.43. The van der Waals surface area contributed by atoms with E-state index in [0.717, 1.165) is 18.4 Å². The van der Waals surface area contributed by atoms with Crippen LogP contribution in [0.1, 0.15) is 20.8 Å². The number of nitrogens with zero attached hydrogens (tertiary/aromatic N) is 1. The molecule has 2 nitrogen and oxygen atoms in total. The van der Waals surface area contributed by atoms with E-state index in [1.807, 2.05) is 6.92 Å². The Hall–Kier alpha value is -0.0800. The van der Waals surface area contributed by atoms with E-state index in [2.05, 4.69) is 18.7 Å². The highest BCUT2D eigenvalue weighted by Crippen LogP contribution is 2.22. The molecule has 0 aromatic heterocycles. The fraction of sp³-hybridized carbons (Fsp3) is 1.00. The second-order valence-corrected chi connectivity index (χ2v) is 4.07. The summed E-state index contributed by atoms with van der Waals surface area (Å²) in [6.07, 6.45) is -0.164. The first-order chi connectivity index (χ1) is 5.09. The summed E-state index contributed by atoms with van der Waals surface area (Å²) in [6.45, 7) is 9.60. The molecule has 2 heteroatoms. The molecule has 1 aliphatic heterocycles. The van der Waals surface area contributed by atoms with Crippen LogP contribution in [0.2, 0.25) is 0 Å². The monoisotopic (exact) mass is 157 g/mol. The van der Waals surface area contributed by atoms with Crippen molar-refractivity contribution in [3.05, 3.63) is 0 Å². The Kier molecular flexibility index (Phi) is 2.90. The van der Waals surface area contributed by atoms with Crippen molar-refractivity contribution in [1.29, 1.82) is 0 Å². The van der Waals surface area contributed by atoms with Crippen molar-refractivity contribution in [3.63, 3.8) is 0 Å². The first-order valence-corrected chi connectivity index (χ1v) is 4.50. The van der Waals surface area contributed by atoms with Gasteiger partial charge in [0, 0.05) is 19.6 Å². The minimum Gasteiger partial charge on any atom is -0.392 e. The molecule has 66 valence electrons. The van der Waals surface area contributed by atoms with Crippen molar-refractivity contribution in [2.45, 2.75) is 26.9 Å². The molecule has 1 rings (SSSR count). The molecule has 0 spiro atoms. The SMILES string of the molecule is CC(C)C1CN(C[C@H](C)O)C1. The molecular formula is C9H19NO. The summed E-state index contributed by atoms with van der Waals surface area (Å²) in [5, 5.41) is 9.07. The van der Waals surface area contributed by atoms with Gasteiger partial charge in [0.25, 0.3) is 0 Å². The summed E-state index contributed by atoms with van der Waals surface area (Å²) in [7, 11) is 0. The number of rotatable bonds is 3. The Morgan fingerprint density at radius 3 is 2.27 bits per heavy atom. The lowest BCUT2D eigenvalue weighted by Gasteiger charge is -2.42. The van der Waals surface area contributed by atoms with Crippen LogP contribution in [-0.2, 0) is 0 Å². The van der Waals surface area contributed by atoms with Gasteiger partial charge in [-0.15, -0.1) is 0 Å². The fourth-order valence-corrected chi connectivity index (χ4v) is 1.55. The molecule has 1 N–H and O–H groups in total. The smallest absolute Gasteiger partial charge is 0.0639 e. The van der Waals surface area contributed by atoms with Crippen LogP contribution in [0.4, 0.5) is 0 Å². The lowest BCUT2D eigenvalue weighted by molar-refractivity contribution is 0.0279. The second-order valence-electron chi connectivity index (χ2n) is 4.07. The van der Waals surface area contributed by atoms with Gasteiger partial charge in [-0.1, -0.05) is 13.8 Å². The minimum atomic E-state index is -0.164. The minimum absolute atomic E-state index is 0.164. The van der Waals surface area contributed by atoms with Crippen LogP contribution in [0, 0.1) is 11.8 Å². The summed E-state index contributed by atoms with van der Waals surface area (Å²) in [5.74, 6) is 1.67. The summed E-state index contributed by atoms with van der Waals surface area (Å²) in [4.78, 5) is 2.31. The average Bonchev–Trinajstić information content (AvgIpc) is 1.75. The van der Waals surface area contributed by atoms with Crippen LogP contribution in [-0.4, -0.2) is 35.7 Å². The topological polar surface area (TPSA) is 23.5 Å². The normalized spacial score (nSPS) is 23.7. The summed E-state index contributed by atoms with van der Waals surface area (Å²) >= 11 is 0. The molecule has 0 amide bonds. The van der Waals surface area contributed by atoms with Gasteiger partial charge in [-0.05, 0) is 18.8 Å². The maximum Gasteiger partial charge on any atom is 0.0639 e. The molecule has 1 saturated heterocycles. The predicted molar refractivity (Wildman–Crippen MR) is 46.4 cm³/mol. The van der Waals surface area contributed by atoms with Gasteiger partial charge < -0.3 is 10.0 Å². The number of hydrogen-bond donors (Lipinski definition) is 1. The van der Waals surface area contributed by atoms with Gasteiger partial charge in [0.2, 0.25) is 0 Å². The van der Waals surface area contributed by atoms with Crippen molar-refractivity contribution in [2.24, 2.45) is 11.8 Å². The maximum atomic E-state index is 9.07. The highest BCUT2D eigenvalue weighted by molar-refractivity contribution is 4.82. The molecule has 0 bridgehead atoms. The Balaban J connectivity index is 2.09. The zero-order valence-corrected chi connectivity index (χ0v) is 7.75. The number of hydrogen-bond acceptors (Lipinski definition) is 2. The van der Waals surface area contributed by atoms with Gasteiger partial charge >= 0.3 is 0 Å². The van der Waals surface area contributed by atoms with E-state index in [-0.39, 0.29) is 6.10 Å². The highest BCUT2D eigenvalue weighted by atomic mass is 16.3. The Morgan fingerprint density at radius 2 is 1.91 bits per heavy atom. The molecular weight excluding hydrogens is 138 g/mol. The number of β-amino-alcohol motifs (C(OH)–C–C–N with tert-alkyl or cyclic N) is 1. The Labute approximate surface area is 69.2 Å². The van der Waals surface area contributed by atoms with Crippen molar-refractivity contribution < 1.29 is 5.11 Å². The summed E-state index contributed by atoms with van der Waals surface area (Å²) < 4.78 is 0. The van der Waals surface area contributed by atoms with Gasteiger partial charge in [0.05, 0.1) is 6.10 Å². The number of aliphatic hydroxyl groups is 1. The van der Waals surface area contributed by atoms with E-state index >= 15 is 0 Å². The van der Waals surface area contributed by atoms with Crippen molar-refractivity contribution in [2.75, 3.05) is 19.6 Å². The molecule has 0 saturated carbocycles. The van der Waals surface area contributed by atoms with Crippen LogP contribution >= 0.6 is 0 Å². The van der Waals surface area contributed by atoms with Crippen LogP contribution < -0.4 is 0 Å². The zero-order valence-electron chi connectivity index (χ0n) is 7.75. The van der Waals surface area contributed by atoms with Crippen molar-refractivity contribution in [3.8, 4) is 0 Å². The molecule has 11 heavy (non-hydrogen) atoms. The van der Waals surface area contributed by atoms with Crippen LogP contribution in [0.25, 0.3) is 0 Å². The van der Waals surface area contributed by atoms with E-state index in [9.17, 15) is 0 Å². The van der Waals surface area contributed by atoms with Gasteiger partial charge in [-0.2, -0.15) is 0 Å². The van der Waals surface area contributed by atoms with E-state index in [1.165, 1.54) is 13.1 Å². The molecule has 1 heterocycles. The molecule has 0 unspecified atom stereocenters. The lowest BCUT2D eigenvalue weighted by Crippen LogP contribution is -2.51. The van der Waals surface area contributed by atoms with Gasteiger partial charge in [-0.25, -0.2) is 0 Å². The Morgan fingerprint density at radius 1 is 1.36 bits per heavy atom. The standard InChI is InChI=1S/C9H19NO/c1-7(2)9-5-10(6-9)4-8(3)11/h7-9,11H,4-6H2,1-3H3/t8-/m0/s1. The molecule has 0 radical (unpaired) electrons.